The maximum atomic E-state index is 12.2. The molecule has 1 saturated heterocycles. The molecule has 2 aliphatic rings. The number of rotatable bonds is 6. The first-order chi connectivity index (χ1) is 13.5. The molecule has 150 valence electrons. The second kappa shape index (κ2) is 8.00. The number of anilines is 1. The van der Waals surface area contributed by atoms with Crippen LogP contribution in [0.1, 0.15) is 12.3 Å². The van der Waals surface area contributed by atoms with E-state index in [1.54, 1.807) is 18.2 Å². The van der Waals surface area contributed by atoms with E-state index in [1.807, 2.05) is 0 Å². The minimum Gasteiger partial charge on any atom is -0.486 e. The SMILES string of the molecule is O=C(CSc1nnc(C[C@H]2CCS(=O)(=O)C2)o1)Nc1ccc2c(c1)OCCO2. The number of carbonyl (C=O) groups is 1. The molecule has 4 rings (SSSR count). The minimum atomic E-state index is -2.93. The molecule has 11 heteroatoms. The number of carbonyl (C=O) groups excluding carboxylic acids is 1. The molecular formula is C17H19N3O6S2. The van der Waals surface area contributed by atoms with Crippen LogP contribution >= 0.6 is 11.8 Å². The van der Waals surface area contributed by atoms with Gasteiger partial charge in [0.05, 0.1) is 17.3 Å². The van der Waals surface area contributed by atoms with Gasteiger partial charge in [-0.3, -0.25) is 4.79 Å². The van der Waals surface area contributed by atoms with Gasteiger partial charge in [-0.2, -0.15) is 0 Å². The number of nitrogens with one attached hydrogen (secondary N) is 1. The molecule has 0 unspecified atom stereocenters. The molecule has 0 aliphatic carbocycles. The largest absolute Gasteiger partial charge is 0.486 e. The van der Waals surface area contributed by atoms with Gasteiger partial charge in [0, 0.05) is 18.2 Å². The van der Waals surface area contributed by atoms with E-state index in [0.717, 1.165) is 11.8 Å². The van der Waals surface area contributed by atoms with Gasteiger partial charge in [0.15, 0.2) is 21.3 Å². The van der Waals surface area contributed by atoms with E-state index in [4.69, 9.17) is 13.9 Å². The number of sulfone groups is 1. The summed E-state index contributed by atoms with van der Waals surface area (Å²) in [6.07, 6.45) is 1.06. The van der Waals surface area contributed by atoms with E-state index in [1.165, 1.54) is 0 Å². The van der Waals surface area contributed by atoms with Gasteiger partial charge in [-0.05, 0) is 24.5 Å². The van der Waals surface area contributed by atoms with Crippen molar-refractivity contribution >= 4 is 33.2 Å². The van der Waals surface area contributed by atoms with Gasteiger partial charge in [0.1, 0.15) is 13.2 Å². The molecule has 1 aromatic heterocycles. The highest BCUT2D eigenvalue weighted by Gasteiger charge is 2.29. The fourth-order valence-electron chi connectivity index (χ4n) is 3.10. The van der Waals surface area contributed by atoms with Crippen LogP contribution in [0.3, 0.4) is 0 Å². The van der Waals surface area contributed by atoms with Crippen molar-refractivity contribution in [2.45, 2.75) is 18.1 Å². The molecule has 1 aromatic carbocycles. The van der Waals surface area contributed by atoms with Crippen molar-refractivity contribution in [1.82, 2.24) is 10.2 Å². The van der Waals surface area contributed by atoms with Gasteiger partial charge in [-0.15, -0.1) is 10.2 Å². The first kappa shape index (κ1) is 19.1. The number of benzene rings is 1. The van der Waals surface area contributed by atoms with Crippen LogP contribution in [0.4, 0.5) is 5.69 Å². The Morgan fingerprint density at radius 1 is 1.21 bits per heavy atom. The molecule has 28 heavy (non-hydrogen) atoms. The third-order valence-electron chi connectivity index (χ3n) is 4.39. The number of amides is 1. The molecule has 0 bridgehead atoms. The van der Waals surface area contributed by atoms with Crippen molar-refractivity contribution < 1.29 is 27.1 Å². The van der Waals surface area contributed by atoms with Crippen molar-refractivity contribution in [2.75, 3.05) is 35.8 Å². The summed E-state index contributed by atoms with van der Waals surface area (Å²) < 4.78 is 39.5. The first-order valence-electron chi connectivity index (χ1n) is 8.82. The van der Waals surface area contributed by atoms with Crippen LogP contribution in [0, 0.1) is 5.92 Å². The molecule has 1 amide bonds. The standard InChI is InChI=1S/C17H19N3O6S2/c21-15(18-12-1-2-13-14(8-12)25-5-4-24-13)9-27-17-20-19-16(26-17)7-11-3-6-28(22,23)10-11/h1-2,8,11H,3-7,9-10H2,(H,18,21)/t11-/m1/s1. The highest BCUT2D eigenvalue weighted by Crippen LogP contribution is 2.32. The van der Waals surface area contributed by atoms with Crippen LogP contribution in [0.2, 0.25) is 0 Å². The van der Waals surface area contributed by atoms with Crippen LogP contribution in [-0.2, 0) is 21.1 Å². The van der Waals surface area contributed by atoms with Crippen LogP contribution < -0.4 is 14.8 Å². The molecule has 0 spiro atoms. The summed E-state index contributed by atoms with van der Waals surface area (Å²) in [6, 6.07) is 5.22. The topological polar surface area (TPSA) is 121 Å². The van der Waals surface area contributed by atoms with E-state index >= 15 is 0 Å². The number of fused-ring (bicyclic) bond motifs is 1. The van der Waals surface area contributed by atoms with E-state index in [9.17, 15) is 13.2 Å². The molecule has 0 saturated carbocycles. The maximum absolute atomic E-state index is 12.2. The molecule has 1 N–H and O–H groups in total. The van der Waals surface area contributed by atoms with Gasteiger partial charge >= 0.3 is 0 Å². The summed E-state index contributed by atoms with van der Waals surface area (Å²) >= 11 is 1.13. The normalized spacial score (nSPS) is 20.1. The predicted molar refractivity (Wildman–Crippen MR) is 102 cm³/mol. The molecule has 9 nitrogen and oxygen atoms in total. The summed E-state index contributed by atoms with van der Waals surface area (Å²) in [5, 5.41) is 10.9. The number of thioether (sulfide) groups is 1. The zero-order valence-electron chi connectivity index (χ0n) is 14.9. The third kappa shape index (κ3) is 4.76. The molecule has 1 fully saturated rings. The predicted octanol–water partition coefficient (Wildman–Crippen LogP) is 1.55. The lowest BCUT2D eigenvalue weighted by Gasteiger charge is -2.18. The maximum Gasteiger partial charge on any atom is 0.277 e. The van der Waals surface area contributed by atoms with Crippen LogP contribution in [-0.4, -0.2) is 55.0 Å². The Balaban J connectivity index is 1.26. The second-order valence-electron chi connectivity index (χ2n) is 6.63. The first-order valence-corrected chi connectivity index (χ1v) is 11.6. The Morgan fingerprint density at radius 3 is 2.82 bits per heavy atom. The zero-order valence-corrected chi connectivity index (χ0v) is 16.6. The summed E-state index contributed by atoms with van der Waals surface area (Å²) in [7, 11) is -2.93. The van der Waals surface area contributed by atoms with Crippen LogP contribution in [0.5, 0.6) is 11.5 Å². The van der Waals surface area contributed by atoms with Gasteiger partial charge in [-0.1, -0.05) is 11.8 Å². The quantitative estimate of drug-likeness (QED) is 0.687. The average molecular weight is 425 g/mol. The zero-order chi connectivity index (χ0) is 19.6. The summed E-state index contributed by atoms with van der Waals surface area (Å²) in [6.45, 7) is 0.991. The van der Waals surface area contributed by atoms with Gasteiger partial charge < -0.3 is 19.2 Å². The van der Waals surface area contributed by atoms with Gasteiger partial charge in [0.2, 0.25) is 11.8 Å². The Bertz CT molecular complexity index is 975. The third-order valence-corrected chi connectivity index (χ3v) is 7.05. The smallest absolute Gasteiger partial charge is 0.277 e. The highest BCUT2D eigenvalue weighted by molar-refractivity contribution is 7.99. The summed E-state index contributed by atoms with van der Waals surface area (Å²) in [5.74, 6) is 1.94. The fraction of sp³-hybridized carbons (Fsp3) is 0.471. The molecule has 3 heterocycles. The van der Waals surface area contributed by atoms with E-state index < -0.39 is 9.84 Å². The van der Waals surface area contributed by atoms with Crippen molar-refractivity contribution in [1.29, 1.82) is 0 Å². The van der Waals surface area contributed by atoms with Crippen molar-refractivity contribution in [3.8, 4) is 11.5 Å². The number of nitrogens with zero attached hydrogens (tertiary/aromatic N) is 2. The minimum absolute atomic E-state index is 0.0156. The van der Waals surface area contributed by atoms with Crippen molar-refractivity contribution in [3.05, 3.63) is 24.1 Å². The fourth-order valence-corrected chi connectivity index (χ4v) is 5.55. The molecule has 0 radical (unpaired) electrons. The lowest BCUT2D eigenvalue weighted by Crippen LogP contribution is -2.17. The molecule has 1 atom stereocenters. The van der Waals surface area contributed by atoms with Gasteiger partial charge in [0.25, 0.3) is 5.22 Å². The summed E-state index contributed by atoms with van der Waals surface area (Å²) in [4.78, 5) is 12.2. The Hall–Kier alpha value is -2.27. The number of hydrogen-bond donors (Lipinski definition) is 1. The van der Waals surface area contributed by atoms with Crippen molar-refractivity contribution in [2.24, 2.45) is 5.92 Å². The van der Waals surface area contributed by atoms with Crippen molar-refractivity contribution in [3.63, 3.8) is 0 Å². The molecule has 2 aromatic rings. The number of aromatic nitrogens is 2. The monoisotopic (exact) mass is 425 g/mol. The Kier molecular flexibility index (Phi) is 5.44. The molecule has 2 aliphatic heterocycles. The van der Waals surface area contributed by atoms with E-state index in [0.29, 0.717) is 49.1 Å². The summed E-state index contributed by atoms with van der Waals surface area (Å²) in [5.41, 5.74) is 0.614. The second-order valence-corrected chi connectivity index (χ2v) is 9.79. The van der Waals surface area contributed by atoms with Crippen LogP contribution in [0.15, 0.2) is 27.8 Å². The lowest BCUT2D eigenvalue weighted by molar-refractivity contribution is -0.113. The van der Waals surface area contributed by atoms with Crippen LogP contribution in [0.25, 0.3) is 0 Å². The van der Waals surface area contributed by atoms with E-state index in [2.05, 4.69) is 15.5 Å². The Labute approximate surface area is 166 Å². The number of hydrogen-bond acceptors (Lipinski definition) is 9. The van der Waals surface area contributed by atoms with Gasteiger partial charge in [-0.25, -0.2) is 8.42 Å². The average Bonchev–Trinajstić information content (AvgIpc) is 3.26. The Morgan fingerprint density at radius 2 is 2.04 bits per heavy atom. The number of ether oxygens (including phenoxy) is 2. The van der Waals surface area contributed by atoms with E-state index in [-0.39, 0.29) is 34.3 Å². The highest BCUT2D eigenvalue weighted by atomic mass is 32.2. The molecular weight excluding hydrogens is 406 g/mol. The lowest BCUT2D eigenvalue weighted by atomic mass is 10.1.